The van der Waals surface area contributed by atoms with E-state index in [9.17, 15) is 0 Å². The first kappa shape index (κ1) is 30.6. The molecular weight excluding hydrogens is 651 g/mol. The number of rotatable bonds is 6. The van der Waals surface area contributed by atoms with E-state index >= 15 is 0 Å². The van der Waals surface area contributed by atoms with Gasteiger partial charge in [-0.05, 0) is 118 Å². The molecular formula is C48H35N3S. The average molecular weight is 686 g/mol. The minimum absolute atomic E-state index is 0.0982. The lowest BCUT2D eigenvalue weighted by Gasteiger charge is -2.28. The molecule has 0 fully saturated rings. The molecule has 2 heterocycles. The van der Waals surface area contributed by atoms with Gasteiger partial charge in [0.2, 0.25) is 0 Å². The molecule has 0 saturated heterocycles. The van der Waals surface area contributed by atoms with Crippen molar-refractivity contribution in [2.75, 3.05) is 4.90 Å². The Hall–Kier alpha value is -6.23. The van der Waals surface area contributed by atoms with Gasteiger partial charge in [-0.15, -0.1) is 11.3 Å². The van der Waals surface area contributed by atoms with Crippen LogP contribution in [0.1, 0.15) is 25.0 Å². The smallest absolute Gasteiger partial charge is 0.145 e. The number of benzene rings is 7. The fourth-order valence-corrected chi connectivity index (χ4v) is 9.06. The van der Waals surface area contributed by atoms with Gasteiger partial charge in [0.25, 0.3) is 0 Å². The third-order valence-corrected chi connectivity index (χ3v) is 11.8. The Morgan fingerprint density at radius 3 is 1.96 bits per heavy atom. The highest BCUT2D eigenvalue weighted by Crippen LogP contribution is 2.50. The normalized spacial score (nSPS) is 13.0. The molecule has 0 N–H and O–H groups in total. The molecule has 4 heteroatoms. The van der Waals surface area contributed by atoms with Crippen LogP contribution in [0.4, 0.5) is 17.1 Å². The van der Waals surface area contributed by atoms with Crippen molar-refractivity contribution in [3.63, 3.8) is 0 Å². The first-order valence-corrected chi connectivity index (χ1v) is 18.6. The van der Waals surface area contributed by atoms with Crippen LogP contribution in [-0.2, 0) is 5.41 Å². The number of para-hydroxylation sites is 3. The highest BCUT2D eigenvalue weighted by molar-refractivity contribution is 7.22. The summed E-state index contributed by atoms with van der Waals surface area (Å²) in [5.41, 5.74) is 14.1. The third-order valence-electron chi connectivity index (χ3n) is 10.6. The van der Waals surface area contributed by atoms with Gasteiger partial charge in [0.1, 0.15) is 5.82 Å². The molecule has 1 aliphatic rings. The molecule has 0 amide bonds. The molecule has 0 spiro atoms. The van der Waals surface area contributed by atoms with Crippen molar-refractivity contribution in [1.82, 2.24) is 9.55 Å². The van der Waals surface area contributed by atoms with Crippen LogP contribution in [0.5, 0.6) is 0 Å². The Labute approximate surface area is 307 Å². The van der Waals surface area contributed by atoms with Gasteiger partial charge in [-0.2, -0.15) is 0 Å². The molecule has 10 rings (SSSR count). The molecule has 0 bridgehead atoms. The van der Waals surface area contributed by atoms with E-state index in [0.29, 0.717) is 0 Å². The average Bonchev–Trinajstić information content (AvgIpc) is 3.87. The van der Waals surface area contributed by atoms with Crippen molar-refractivity contribution < 1.29 is 0 Å². The van der Waals surface area contributed by atoms with Gasteiger partial charge in [-0.3, -0.25) is 4.57 Å². The summed E-state index contributed by atoms with van der Waals surface area (Å²) in [7, 11) is 0. The fraction of sp³-hybridized carbons (Fsp3) is 0.0625. The van der Waals surface area contributed by atoms with Crippen molar-refractivity contribution in [2.24, 2.45) is 0 Å². The SMILES string of the molecule is CC1(C)c2ccccc2-c2ccc(N(c3ccc(-c4cc5ccccc5s4)cc3)c3ccc(-c4nc5ccccc5n4-c4ccccc4)cc3)cc21. The summed E-state index contributed by atoms with van der Waals surface area (Å²) in [6.07, 6.45) is 0. The van der Waals surface area contributed by atoms with Gasteiger partial charge in [0.15, 0.2) is 0 Å². The fourth-order valence-electron chi connectivity index (χ4n) is 8.00. The minimum atomic E-state index is -0.0982. The summed E-state index contributed by atoms with van der Waals surface area (Å²) < 4.78 is 3.57. The third kappa shape index (κ3) is 4.90. The number of thiophene rings is 1. The summed E-state index contributed by atoms with van der Waals surface area (Å²) in [5, 5.41) is 1.29. The van der Waals surface area contributed by atoms with E-state index in [-0.39, 0.29) is 5.41 Å². The summed E-state index contributed by atoms with van der Waals surface area (Å²) in [4.78, 5) is 8.80. The Kier molecular flexibility index (Phi) is 7.02. The molecule has 2 aromatic heterocycles. The van der Waals surface area contributed by atoms with Gasteiger partial charge >= 0.3 is 0 Å². The van der Waals surface area contributed by atoms with E-state index < -0.39 is 0 Å². The van der Waals surface area contributed by atoms with E-state index in [4.69, 9.17) is 4.98 Å². The second kappa shape index (κ2) is 11.9. The Morgan fingerprint density at radius 2 is 1.17 bits per heavy atom. The van der Waals surface area contributed by atoms with Gasteiger partial charge < -0.3 is 4.90 Å². The summed E-state index contributed by atoms with van der Waals surface area (Å²) in [6, 6.07) is 63.5. The van der Waals surface area contributed by atoms with E-state index in [1.807, 2.05) is 11.3 Å². The molecule has 0 saturated carbocycles. The highest BCUT2D eigenvalue weighted by atomic mass is 32.1. The van der Waals surface area contributed by atoms with Gasteiger partial charge in [-0.25, -0.2) is 4.98 Å². The maximum absolute atomic E-state index is 5.13. The van der Waals surface area contributed by atoms with Gasteiger partial charge in [0.05, 0.1) is 11.0 Å². The predicted octanol–water partition coefficient (Wildman–Crippen LogP) is 13.4. The van der Waals surface area contributed by atoms with Gasteiger partial charge in [-0.1, -0.05) is 105 Å². The van der Waals surface area contributed by atoms with E-state index in [2.05, 4.69) is 199 Å². The predicted molar refractivity (Wildman–Crippen MR) is 220 cm³/mol. The second-order valence-corrected chi connectivity index (χ2v) is 15.2. The first-order valence-electron chi connectivity index (χ1n) is 17.8. The van der Waals surface area contributed by atoms with E-state index in [1.165, 1.54) is 42.8 Å². The molecule has 248 valence electrons. The van der Waals surface area contributed by atoms with Gasteiger partial charge in [0, 0.05) is 43.3 Å². The topological polar surface area (TPSA) is 21.1 Å². The largest absolute Gasteiger partial charge is 0.310 e. The van der Waals surface area contributed by atoms with Crippen LogP contribution >= 0.6 is 11.3 Å². The number of nitrogens with zero attached hydrogens (tertiary/aromatic N) is 3. The van der Waals surface area contributed by atoms with Crippen molar-refractivity contribution in [1.29, 1.82) is 0 Å². The Balaban J connectivity index is 1.09. The lowest BCUT2D eigenvalue weighted by Crippen LogP contribution is -2.16. The van der Waals surface area contributed by atoms with Crippen LogP contribution in [0.3, 0.4) is 0 Å². The van der Waals surface area contributed by atoms with Crippen LogP contribution in [0.15, 0.2) is 176 Å². The first-order chi connectivity index (χ1) is 25.5. The molecule has 0 radical (unpaired) electrons. The second-order valence-electron chi connectivity index (χ2n) is 14.1. The zero-order chi connectivity index (χ0) is 34.8. The van der Waals surface area contributed by atoms with Crippen molar-refractivity contribution in [3.8, 4) is 38.6 Å². The van der Waals surface area contributed by atoms with Crippen LogP contribution in [0.2, 0.25) is 0 Å². The van der Waals surface area contributed by atoms with Crippen molar-refractivity contribution in [3.05, 3.63) is 187 Å². The minimum Gasteiger partial charge on any atom is -0.310 e. The monoisotopic (exact) mass is 685 g/mol. The molecule has 3 nitrogen and oxygen atoms in total. The maximum atomic E-state index is 5.13. The maximum Gasteiger partial charge on any atom is 0.145 e. The summed E-state index contributed by atoms with van der Waals surface area (Å²) in [6.45, 7) is 4.69. The molecule has 0 aliphatic heterocycles. The molecule has 0 atom stereocenters. The summed E-state index contributed by atoms with van der Waals surface area (Å²) >= 11 is 1.84. The molecule has 7 aromatic carbocycles. The lowest BCUT2D eigenvalue weighted by atomic mass is 9.82. The van der Waals surface area contributed by atoms with Crippen LogP contribution in [0, 0.1) is 0 Å². The number of aromatic nitrogens is 2. The highest BCUT2D eigenvalue weighted by Gasteiger charge is 2.35. The van der Waals surface area contributed by atoms with Crippen LogP contribution in [-0.4, -0.2) is 9.55 Å². The number of anilines is 3. The molecule has 0 unspecified atom stereocenters. The summed E-state index contributed by atoms with van der Waals surface area (Å²) in [5.74, 6) is 0.926. The van der Waals surface area contributed by atoms with Crippen LogP contribution < -0.4 is 4.90 Å². The van der Waals surface area contributed by atoms with E-state index in [0.717, 1.165) is 45.2 Å². The number of hydrogen-bond donors (Lipinski definition) is 0. The van der Waals surface area contributed by atoms with Crippen molar-refractivity contribution >= 4 is 49.5 Å². The van der Waals surface area contributed by atoms with Crippen LogP contribution in [0.25, 0.3) is 59.8 Å². The standard InChI is InChI=1S/C48H35N3S/c1-48(2)41-16-8-7-15-39(41)40-29-28-38(31-42(40)48)50(36-24-20-32(21-25-36)46-30-34-12-6-11-19-45(34)52-46)37-26-22-33(23-27-37)47-49-43-17-9-10-18-44(43)51(47)35-13-4-3-5-14-35/h3-31H,1-2H3. The zero-order valence-corrected chi connectivity index (χ0v) is 29.8. The molecule has 1 aliphatic carbocycles. The molecule has 9 aromatic rings. The quantitative estimate of drug-likeness (QED) is 0.174. The number of fused-ring (bicyclic) bond motifs is 5. The Morgan fingerprint density at radius 1 is 0.538 bits per heavy atom. The lowest BCUT2D eigenvalue weighted by molar-refractivity contribution is 0.660. The number of imidazole rings is 1. The Bertz CT molecular complexity index is 2720. The zero-order valence-electron chi connectivity index (χ0n) is 29.0. The molecule has 52 heavy (non-hydrogen) atoms. The van der Waals surface area contributed by atoms with Crippen molar-refractivity contribution in [2.45, 2.75) is 19.3 Å². The van der Waals surface area contributed by atoms with E-state index in [1.54, 1.807) is 0 Å². The number of hydrogen-bond acceptors (Lipinski definition) is 3.